The molecule has 0 fully saturated rings. The number of rotatable bonds is 6. The zero-order valence-electron chi connectivity index (χ0n) is 18.8. The lowest BCUT2D eigenvalue weighted by molar-refractivity contribution is 0.190. The molecule has 1 aliphatic rings. The first-order valence-corrected chi connectivity index (χ1v) is 10.5. The van der Waals surface area contributed by atoms with E-state index in [0.717, 1.165) is 29.2 Å². The summed E-state index contributed by atoms with van der Waals surface area (Å²) in [5.41, 5.74) is 1.62. The summed E-state index contributed by atoms with van der Waals surface area (Å²) in [6, 6.07) is 14.5. The highest BCUT2D eigenvalue weighted by molar-refractivity contribution is 5.96. The van der Waals surface area contributed by atoms with Crippen molar-refractivity contribution in [3.63, 3.8) is 0 Å². The number of para-hydroxylation sites is 2. The quantitative estimate of drug-likeness (QED) is 0.602. The second-order valence-corrected chi connectivity index (χ2v) is 7.85. The van der Waals surface area contributed by atoms with Gasteiger partial charge in [-0.1, -0.05) is 36.4 Å². The number of aliphatic hydroxyl groups excluding tert-OH is 1. The van der Waals surface area contributed by atoms with Gasteiger partial charge in [0.05, 0.1) is 0 Å². The first-order chi connectivity index (χ1) is 15.4. The monoisotopic (exact) mass is 437 g/mol. The van der Waals surface area contributed by atoms with Crippen LogP contribution in [0.25, 0.3) is 0 Å². The van der Waals surface area contributed by atoms with Crippen LogP contribution in [0.2, 0.25) is 0 Å². The molecule has 0 aliphatic carbocycles. The average molecular weight is 438 g/mol. The summed E-state index contributed by atoms with van der Waals surface area (Å²) in [6.45, 7) is 0.766. The second-order valence-electron chi connectivity index (χ2n) is 7.85. The summed E-state index contributed by atoms with van der Waals surface area (Å²) in [5, 5.41) is 29.9. The van der Waals surface area contributed by atoms with Crippen molar-refractivity contribution in [2.24, 2.45) is 9.98 Å². The summed E-state index contributed by atoms with van der Waals surface area (Å²) in [5.74, 6) is 2.41. The first kappa shape index (κ1) is 23.1. The molecular weight excluding hydrogens is 406 g/mol. The molecule has 0 radical (unpaired) electrons. The zero-order valence-corrected chi connectivity index (χ0v) is 18.8. The summed E-state index contributed by atoms with van der Waals surface area (Å²) in [4.78, 5) is 15.0. The maximum Gasteiger partial charge on any atom is 0.230 e. The smallest absolute Gasteiger partial charge is 0.230 e. The van der Waals surface area contributed by atoms with Gasteiger partial charge in [-0.15, -0.1) is 0 Å². The van der Waals surface area contributed by atoms with E-state index in [9.17, 15) is 15.3 Å². The molecular formula is C24H31N5O3. The molecule has 0 saturated heterocycles. The molecule has 2 aromatic rings. The molecule has 0 unspecified atom stereocenters. The number of guanidine groups is 1. The van der Waals surface area contributed by atoms with Gasteiger partial charge >= 0.3 is 0 Å². The molecule has 1 heterocycles. The molecule has 0 atom stereocenters. The number of phenolic OH excluding ortho intramolecular Hbond substituents is 2. The molecule has 2 aromatic carbocycles. The van der Waals surface area contributed by atoms with Crippen LogP contribution in [0.3, 0.4) is 0 Å². The average Bonchev–Trinajstić information content (AvgIpc) is 2.76. The number of aromatic hydroxyl groups is 2. The SMILES string of the molecule is CN(Cc1ccccc1O)C1=NC(N(C)CO)=N/C(N(C)Cc2ccccc2O)=C\CC1. The van der Waals surface area contributed by atoms with Crippen LogP contribution >= 0.6 is 0 Å². The Morgan fingerprint density at radius 3 is 1.91 bits per heavy atom. The Kier molecular flexibility index (Phi) is 7.72. The van der Waals surface area contributed by atoms with E-state index < -0.39 is 0 Å². The van der Waals surface area contributed by atoms with Crippen LogP contribution in [0.15, 0.2) is 70.4 Å². The largest absolute Gasteiger partial charge is 0.508 e. The van der Waals surface area contributed by atoms with E-state index in [1.54, 1.807) is 36.2 Å². The van der Waals surface area contributed by atoms with Crippen molar-refractivity contribution < 1.29 is 15.3 Å². The number of aliphatic imine (C=N–C) groups is 2. The predicted molar refractivity (Wildman–Crippen MR) is 126 cm³/mol. The van der Waals surface area contributed by atoms with E-state index >= 15 is 0 Å². The number of nitrogens with zero attached hydrogens (tertiary/aromatic N) is 5. The van der Waals surface area contributed by atoms with Gasteiger partial charge in [-0.3, -0.25) is 0 Å². The van der Waals surface area contributed by atoms with E-state index in [1.165, 1.54) is 0 Å². The van der Waals surface area contributed by atoms with Gasteiger partial charge in [0.25, 0.3) is 0 Å². The molecule has 0 amide bonds. The molecule has 170 valence electrons. The highest BCUT2D eigenvalue weighted by Crippen LogP contribution is 2.22. The highest BCUT2D eigenvalue weighted by Gasteiger charge is 2.17. The molecule has 1 aliphatic heterocycles. The molecule has 3 N–H and O–H groups in total. The summed E-state index contributed by atoms with van der Waals surface area (Å²) < 4.78 is 0. The Hall–Kier alpha value is -3.52. The molecule has 0 spiro atoms. The fraction of sp³-hybridized carbons (Fsp3) is 0.333. The Morgan fingerprint density at radius 2 is 1.34 bits per heavy atom. The minimum Gasteiger partial charge on any atom is -0.508 e. The molecule has 0 saturated carbocycles. The predicted octanol–water partition coefficient (Wildman–Crippen LogP) is 2.93. The minimum absolute atomic E-state index is 0.227. The van der Waals surface area contributed by atoms with Gasteiger partial charge in [0, 0.05) is 51.8 Å². The number of amidine groups is 1. The lowest BCUT2D eigenvalue weighted by Gasteiger charge is -2.27. The van der Waals surface area contributed by atoms with Crippen molar-refractivity contribution in [3.05, 3.63) is 71.6 Å². The lowest BCUT2D eigenvalue weighted by Crippen LogP contribution is -2.33. The second kappa shape index (κ2) is 10.7. The normalized spacial score (nSPS) is 15.6. The number of hydrogen-bond donors (Lipinski definition) is 3. The van der Waals surface area contributed by atoms with Crippen molar-refractivity contribution in [1.82, 2.24) is 14.7 Å². The van der Waals surface area contributed by atoms with E-state index in [1.807, 2.05) is 54.2 Å². The fourth-order valence-corrected chi connectivity index (χ4v) is 3.40. The van der Waals surface area contributed by atoms with E-state index in [0.29, 0.717) is 25.5 Å². The highest BCUT2D eigenvalue weighted by atomic mass is 16.3. The van der Waals surface area contributed by atoms with Crippen molar-refractivity contribution >= 4 is 11.8 Å². The van der Waals surface area contributed by atoms with Crippen LogP contribution in [-0.4, -0.2) is 69.7 Å². The van der Waals surface area contributed by atoms with Crippen LogP contribution in [-0.2, 0) is 13.1 Å². The zero-order chi connectivity index (χ0) is 23.1. The van der Waals surface area contributed by atoms with Crippen molar-refractivity contribution in [2.75, 3.05) is 27.9 Å². The Labute approximate surface area is 189 Å². The molecule has 8 nitrogen and oxygen atoms in total. The Morgan fingerprint density at radius 1 is 0.781 bits per heavy atom. The van der Waals surface area contributed by atoms with Crippen molar-refractivity contribution in [1.29, 1.82) is 0 Å². The fourth-order valence-electron chi connectivity index (χ4n) is 3.40. The molecule has 0 bridgehead atoms. The van der Waals surface area contributed by atoms with Gasteiger partial charge in [-0.05, 0) is 24.6 Å². The molecule has 8 heteroatoms. The third kappa shape index (κ3) is 5.79. The number of phenols is 2. The Balaban J connectivity index is 1.84. The number of aliphatic hydroxyl groups is 1. The summed E-state index contributed by atoms with van der Waals surface area (Å²) in [7, 11) is 5.57. The van der Waals surface area contributed by atoms with Gasteiger partial charge in [0.15, 0.2) is 0 Å². The number of allylic oxidation sites excluding steroid dienone is 1. The van der Waals surface area contributed by atoms with Crippen molar-refractivity contribution in [3.8, 4) is 11.5 Å². The van der Waals surface area contributed by atoms with E-state index in [2.05, 4.69) is 0 Å². The maximum atomic E-state index is 10.1. The molecule has 3 rings (SSSR count). The summed E-state index contributed by atoms with van der Waals surface area (Å²) >= 11 is 0. The minimum atomic E-state index is -0.227. The lowest BCUT2D eigenvalue weighted by atomic mass is 10.1. The first-order valence-electron chi connectivity index (χ1n) is 10.5. The number of hydrogen-bond acceptors (Lipinski definition) is 8. The summed E-state index contributed by atoms with van der Waals surface area (Å²) in [6.07, 6.45) is 3.44. The van der Waals surface area contributed by atoms with Crippen LogP contribution in [0.5, 0.6) is 11.5 Å². The molecule has 0 aromatic heterocycles. The molecule has 32 heavy (non-hydrogen) atoms. The van der Waals surface area contributed by atoms with Crippen molar-refractivity contribution in [2.45, 2.75) is 25.9 Å². The van der Waals surface area contributed by atoms with E-state index in [-0.39, 0.29) is 18.2 Å². The topological polar surface area (TPSA) is 95.1 Å². The van der Waals surface area contributed by atoms with Crippen LogP contribution < -0.4 is 0 Å². The van der Waals surface area contributed by atoms with Gasteiger partial charge < -0.3 is 30.0 Å². The maximum absolute atomic E-state index is 10.1. The number of benzene rings is 2. The third-order valence-electron chi connectivity index (χ3n) is 5.32. The van der Waals surface area contributed by atoms with Gasteiger partial charge in [0.1, 0.15) is 29.9 Å². The van der Waals surface area contributed by atoms with Gasteiger partial charge in [-0.25, -0.2) is 0 Å². The van der Waals surface area contributed by atoms with Gasteiger partial charge in [-0.2, -0.15) is 9.98 Å². The van der Waals surface area contributed by atoms with Gasteiger partial charge in [0.2, 0.25) is 5.96 Å². The standard InChI is InChI=1S/C24H31N5O3/c1-27(15-18-9-4-6-11-20(18)31)22-13-8-14-23(26-24(25-22)29(3)17-30)28(2)16-19-10-5-7-12-21(19)32/h4-7,9-13,30-32H,8,14-17H2,1-3H3/b22-13+,25-24?,26-23?. The third-order valence-corrected chi connectivity index (χ3v) is 5.32. The van der Waals surface area contributed by atoms with E-state index in [4.69, 9.17) is 9.98 Å². The Bertz CT molecular complexity index is 1020. The van der Waals surface area contributed by atoms with Crippen LogP contribution in [0, 0.1) is 0 Å². The van der Waals surface area contributed by atoms with Crippen LogP contribution in [0.1, 0.15) is 24.0 Å². The van der Waals surface area contributed by atoms with Crippen LogP contribution in [0.4, 0.5) is 0 Å².